The first-order valence-corrected chi connectivity index (χ1v) is 11.9. The minimum atomic E-state index is -0.653. The van der Waals surface area contributed by atoms with Crippen molar-refractivity contribution < 1.29 is 19.2 Å². The normalized spacial score (nSPS) is 17.5. The van der Waals surface area contributed by atoms with E-state index in [1.165, 1.54) is 16.2 Å². The molecule has 3 heterocycles. The van der Waals surface area contributed by atoms with Gasteiger partial charge in [0.25, 0.3) is 5.91 Å². The topological polar surface area (TPSA) is 108 Å². The van der Waals surface area contributed by atoms with Gasteiger partial charge in [0.05, 0.1) is 12.1 Å². The van der Waals surface area contributed by atoms with E-state index in [2.05, 4.69) is 15.6 Å². The standard InChI is InChI=1S/C25H22N4O4S/c30-21-9-8-20(23(32)27-21)29-13-17-7-6-16(11-19(17)24(29)33)12-22(31)28-25-26-18(14-34-25)10-15-4-2-1-3-5-15/h1-7,11,14,20H,8-10,12-13H2,(H,26,28,31)(H,27,30,32). The highest BCUT2D eigenvalue weighted by molar-refractivity contribution is 7.13. The molecule has 1 aromatic heterocycles. The summed E-state index contributed by atoms with van der Waals surface area (Å²) in [6, 6.07) is 14.7. The number of hydrogen-bond donors (Lipinski definition) is 2. The third-order valence-electron chi connectivity index (χ3n) is 5.98. The van der Waals surface area contributed by atoms with E-state index in [0.29, 0.717) is 35.6 Å². The molecule has 4 amide bonds. The van der Waals surface area contributed by atoms with E-state index < -0.39 is 11.9 Å². The third-order valence-corrected chi connectivity index (χ3v) is 6.79. The molecule has 9 heteroatoms. The number of hydrogen-bond acceptors (Lipinski definition) is 6. The average molecular weight is 475 g/mol. The van der Waals surface area contributed by atoms with Gasteiger partial charge in [-0.1, -0.05) is 42.5 Å². The van der Waals surface area contributed by atoms with Crippen LogP contribution >= 0.6 is 11.3 Å². The molecule has 34 heavy (non-hydrogen) atoms. The number of fused-ring (bicyclic) bond motifs is 1. The Kier molecular flexibility index (Phi) is 5.93. The van der Waals surface area contributed by atoms with Crippen LogP contribution in [0.3, 0.4) is 0 Å². The summed E-state index contributed by atoms with van der Waals surface area (Å²) in [5.41, 5.74) is 4.05. The number of amides is 4. The van der Waals surface area contributed by atoms with E-state index in [1.807, 2.05) is 47.8 Å². The van der Waals surface area contributed by atoms with E-state index in [4.69, 9.17) is 0 Å². The molecule has 3 aromatic rings. The summed E-state index contributed by atoms with van der Waals surface area (Å²) in [6.07, 6.45) is 1.34. The van der Waals surface area contributed by atoms with Crippen molar-refractivity contribution in [2.75, 3.05) is 5.32 Å². The predicted octanol–water partition coefficient (Wildman–Crippen LogP) is 2.68. The van der Waals surface area contributed by atoms with Crippen LogP contribution in [0, 0.1) is 0 Å². The van der Waals surface area contributed by atoms with Crippen LogP contribution in [0.4, 0.5) is 5.13 Å². The van der Waals surface area contributed by atoms with Gasteiger partial charge >= 0.3 is 0 Å². The first kappa shape index (κ1) is 22.0. The molecule has 1 unspecified atom stereocenters. The molecule has 2 aliphatic rings. The van der Waals surface area contributed by atoms with Gasteiger partial charge in [0.1, 0.15) is 6.04 Å². The van der Waals surface area contributed by atoms with Crippen molar-refractivity contribution in [1.29, 1.82) is 0 Å². The lowest BCUT2D eigenvalue weighted by Gasteiger charge is -2.29. The number of aromatic nitrogens is 1. The first-order valence-electron chi connectivity index (χ1n) is 11.0. The number of anilines is 1. The summed E-state index contributed by atoms with van der Waals surface area (Å²) >= 11 is 1.38. The lowest BCUT2D eigenvalue weighted by Crippen LogP contribution is -2.52. The van der Waals surface area contributed by atoms with Gasteiger partial charge in [0, 0.05) is 30.3 Å². The van der Waals surface area contributed by atoms with Crippen LogP contribution in [-0.4, -0.2) is 39.6 Å². The largest absolute Gasteiger partial charge is 0.322 e. The van der Waals surface area contributed by atoms with Gasteiger partial charge < -0.3 is 10.2 Å². The highest BCUT2D eigenvalue weighted by Gasteiger charge is 2.39. The van der Waals surface area contributed by atoms with Crippen LogP contribution in [0.2, 0.25) is 0 Å². The second-order valence-electron chi connectivity index (χ2n) is 8.42. The Bertz CT molecular complexity index is 1290. The highest BCUT2D eigenvalue weighted by Crippen LogP contribution is 2.28. The first-order chi connectivity index (χ1) is 16.5. The maximum atomic E-state index is 13.0. The fraction of sp³-hybridized carbons (Fsp3) is 0.240. The summed E-state index contributed by atoms with van der Waals surface area (Å²) in [7, 11) is 0. The number of rotatable bonds is 6. The van der Waals surface area contributed by atoms with E-state index in [-0.39, 0.29) is 30.6 Å². The Morgan fingerprint density at radius 2 is 1.94 bits per heavy atom. The van der Waals surface area contributed by atoms with Crippen LogP contribution < -0.4 is 10.6 Å². The van der Waals surface area contributed by atoms with Crippen LogP contribution in [0.1, 0.15) is 45.6 Å². The summed E-state index contributed by atoms with van der Waals surface area (Å²) in [4.78, 5) is 55.2. The second kappa shape index (κ2) is 9.18. The number of nitrogens with zero attached hydrogens (tertiary/aromatic N) is 2. The number of carbonyl (C=O) groups is 4. The van der Waals surface area contributed by atoms with Crippen molar-refractivity contribution in [3.8, 4) is 0 Å². The van der Waals surface area contributed by atoms with E-state index in [9.17, 15) is 19.2 Å². The zero-order valence-corrected chi connectivity index (χ0v) is 19.1. The second-order valence-corrected chi connectivity index (χ2v) is 9.28. The van der Waals surface area contributed by atoms with Gasteiger partial charge in [-0.2, -0.15) is 0 Å². The molecule has 0 bridgehead atoms. The minimum absolute atomic E-state index is 0.104. The van der Waals surface area contributed by atoms with Crippen molar-refractivity contribution >= 4 is 40.1 Å². The van der Waals surface area contributed by atoms with Crippen molar-refractivity contribution in [3.63, 3.8) is 0 Å². The number of thiazole rings is 1. The maximum absolute atomic E-state index is 13.0. The summed E-state index contributed by atoms with van der Waals surface area (Å²) in [5, 5.41) is 7.60. The zero-order valence-electron chi connectivity index (χ0n) is 18.2. The fourth-order valence-electron chi connectivity index (χ4n) is 4.31. The van der Waals surface area contributed by atoms with Gasteiger partial charge in [-0.25, -0.2) is 4.98 Å². The molecule has 1 saturated heterocycles. The molecule has 1 fully saturated rings. The van der Waals surface area contributed by atoms with Gasteiger partial charge in [-0.05, 0) is 29.2 Å². The molecule has 172 valence electrons. The van der Waals surface area contributed by atoms with E-state index in [0.717, 1.165) is 16.8 Å². The van der Waals surface area contributed by atoms with Crippen LogP contribution in [0.25, 0.3) is 0 Å². The molecule has 0 spiro atoms. The Balaban J connectivity index is 1.21. The van der Waals surface area contributed by atoms with Crippen LogP contribution in [-0.2, 0) is 33.8 Å². The summed E-state index contributed by atoms with van der Waals surface area (Å²) in [5.74, 6) is -1.22. The summed E-state index contributed by atoms with van der Waals surface area (Å²) < 4.78 is 0. The monoisotopic (exact) mass is 474 g/mol. The quantitative estimate of drug-likeness (QED) is 0.534. The molecular weight excluding hydrogens is 452 g/mol. The number of nitrogens with one attached hydrogen (secondary N) is 2. The van der Waals surface area contributed by atoms with Gasteiger partial charge in [-0.3, -0.25) is 24.5 Å². The molecule has 0 aliphatic carbocycles. The van der Waals surface area contributed by atoms with Crippen LogP contribution in [0.5, 0.6) is 0 Å². The highest BCUT2D eigenvalue weighted by atomic mass is 32.1. The Morgan fingerprint density at radius 3 is 2.74 bits per heavy atom. The van der Waals surface area contributed by atoms with Gasteiger partial charge in [0.15, 0.2) is 5.13 Å². The van der Waals surface area contributed by atoms with Crippen LogP contribution in [0.15, 0.2) is 53.9 Å². The third kappa shape index (κ3) is 4.60. The maximum Gasteiger partial charge on any atom is 0.255 e. The Hall–Kier alpha value is -3.85. The zero-order chi connectivity index (χ0) is 23.7. The summed E-state index contributed by atoms with van der Waals surface area (Å²) in [6.45, 7) is 0.316. The smallest absolute Gasteiger partial charge is 0.255 e. The molecule has 8 nitrogen and oxygen atoms in total. The Labute approximate surface area is 200 Å². The lowest BCUT2D eigenvalue weighted by atomic mass is 10.0. The SMILES string of the molecule is O=C1CCC(N2Cc3ccc(CC(=O)Nc4nc(Cc5ccccc5)cs4)cc3C2=O)C(=O)N1. The molecule has 5 rings (SSSR count). The van der Waals surface area contributed by atoms with Gasteiger partial charge in [0.2, 0.25) is 17.7 Å². The average Bonchev–Trinajstić information content (AvgIpc) is 3.38. The number of benzene rings is 2. The minimum Gasteiger partial charge on any atom is -0.322 e. The van der Waals surface area contributed by atoms with Crippen molar-refractivity contribution in [2.45, 2.75) is 38.3 Å². The molecular formula is C25H22N4O4S. The molecule has 0 radical (unpaired) electrons. The Morgan fingerprint density at radius 1 is 1.12 bits per heavy atom. The molecule has 2 aromatic carbocycles. The van der Waals surface area contributed by atoms with Crippen molar-refractivity contribution in [3.05, 3.63) is 81.9 Å². The van der Waals surface area contributed by atoms with E-state index >= 15 is 0 Å². The number of carbonyl (C=O) groups excluding carboxylic acids is 4. The van der Waals surface area contributed by atoms with Gasteiger partial charge in [-0.15, -0.1) is 11.3 Å². The fourth-order valence-corrected chi connectivity index (χ4v) is 5.04. The van der Waals surface area contributed by atoms with Crippen molar-refractivity contribution in [1.82, 2.24) is 15.2 Å². The predicted molar refractivity (Wildman–Crippen MR) is 126 cm³/mol. The molecule has 0 saturated carbocycles. The lowest BCUT2D eigenvalue weighted by molar-refractivity contribution is -0.137. The number of imide groups is 1. The molecule has 2 N–H and O–H groups in total. The molecule has 1 atom stereocenters. The van der Waals surface area contributed by atoms with E-state index in [1.54, 1.807) is 6.07 Å². The molecule has 2 aliphatic heterocycles. The van der Waals surface area contributed by atoms with Crippen molar-refractivity contribution in [2.24, 2.45) is 0 Å². The number of piperidine rings is 1.